The topological polar surface area (TPSA) is 54.6 Å². The van der Waals surface area contributed by atoms with Crippen molar-refractivity contribution in [2.24, 2.45) is 0 Å². The highest BCUT2D eigenvalue weighted by atomic mass is 15.3. The van der Waals surface area contributed by atoms with Gasteiger partial charge in [0.05, 0.1) is 58.3 Å². The van der Waals surface area contributed by atoms with Crippen LogP contribution in [-0.4, -0.2) is 14.1 Å². The zero-order valence-corrected chi connectivity index (χ0v) is 24.7. The molecule has 7 nitrogen and oxygen atoms in total. The molecule has 0 radical (unpaired) electrons. The molecule has 7 heteroatoms. The van der Waals surface area contributed by atoms with Crippen LogP contribution in [0.5, 0.6) is 0 Å². The molecule has 0 bridgehead atoms. The Morgan fingerprint density at radius 1 is 0.639 bits per heavy atom. The van der Waals surface area contributed by atoms with Crippen molar-refractivity contribution in [3.8, 4) is 0 Å². The number of pyridine rings is 1. The molecule has 0 aliphatic heterocycles. The van der Waals surface area contributed by atoms with Crippen molar-refractivity contribution in [1.82, 2.24) is 14.1 Å². The molecule has 36 heavy (non-hydrogen) atoms. The van der Waals surface area contributed by atoms with Crippen molar-refractivity contribution < 1.29 is 9.13 Å². The van der Waals surface area contributed by atoms with Gasteiger partial charge >= 0.3 is 11.9 Å². The lowest BCUT2D eigenvalue weighted by Gasteiger charge is -2.23. The van der Waals surface area contributed by atoms with Crippen LogP contribution in [0, 0.1) is 0 Å². The zero-order valence-electron chi connectivity index (χ0n) is 24.7. The lowest BCUT2D eigenvalue weighted by molar-refractivity contribution is -0.741. The molecule has 3 rings (SSSR count). The zero-order chi connectivity index (χ0) is 27.1. The first-order chi connectivity index (χ1) is 16.4. The van der Waals surface area contributed by atoms with Gasteiger partial charge in [-0.2, -0.15) is 0 Å². The Kier molecular flexibility index (Phi) is 7.37. The number of anilines is 2. The van der Waals surface area contributed by atoms with Gasteiger partial charge in [0.1, 0.15) is 13.1 Å². The summed E-state index contributed by atoms with van der Waals surface area (Å²) in [5.41, 5.74) is 1.94. The van der Waals surface area contributed by atoms with Gasteiger partial charge in [-0.15, -0.1) is 0 Å². The van der Waals surface area contributed by atoms with E-state index in [4.69, 9.17) is 4.98 Å². The molecule has 0 amide bonds. The average molecular weight is 496 g/mol. The van der Waals surface area contributed by atoms with Gasteiger partial charge in [0, 0.05) is 0 Å². The van der Waals surface area contributed by atoms with E-state index in [-0.39, 0.29) is 22.2 Å². The molecule has 0 aliphatic carbocycles. The summed E-state index contributed by atoms with van der Waals surface area (Å²) in [6, 6.07) is 6.28. The van der Waals surface area contributed by atoms with Crippen molar-refractivity contribution in [3.05, 3.63) is 54.4 Å². The van der Waals surface area contributed by atoms with Gasteiger partial charge in [-0.25, -0.2) is 18.3 Å². The van der Waals surface area contributed by atoms with Crippen LogP contribution in [0.3, 0.4) is 0 Å². The first kappa shape index (κ1) is 27.8. The molecule has 0 saturated carbocycles. The summed E-state index contributed by atoms with van der Waals surface area (Å²) in [5.74, 6) is 2.18. The Morgan fingerprint density at radius 3 is 1.31 bits per heavy atom. The molecule has 2 N–H and O–H groups in total. The van der Waals surface area contributed by atoms with E-state index in [0.717, 1.165) is 23.3 Å². The van der Waals surface area contributed by atoms with Crippen LogP contribution < -0.4 is 19.8 Å². The molecular weight excluding hydrogens is 446 g/mol. The number of nitrogens with zero attached hydrogens (tertiary/aromatic N) is 5. The second-order valence-electron chi connectivity index (χ2n) is 13.7. The Labute approximate surface area is 218 Å². The summed E-state index contributed by atoms with van der Waals surface area (Å²) >= 11 is 0. The van der Waals surface area contributed by atoms with Crippen LogP contribution in [0.4, 0.5) is 11.9 Å². The highest BCUT2D eigenvalue weighted by Crippen LogP contribution is 2.23. The van der Waals surface area contributed by atoms with Gasteiger partial charge in [-0.3, -0.25) is 15.6 Å². The van der Waals surface area contributed by atoms with Gasteiger partial charge in [0.25, 0.3) is 0 Å². The maximum atomic E-state index is 4.98. The summed E-state index contributed by atoms with van der Waals surface area (Å²) in [7, 11) is 0. The highest BCUT2D eigenvalue weighted by Gasteiger charge is 2.32. The lowest BCUT2D eigenvalue weighted by Crippen LogP contribution is -2.51. The van der Waals surface area contributed by atoms with E-state index in [2.05, 4.69) is 155 Å². The van der Waals surface area contributed by atoms with Gasteiger partial charge in [0.15, 0.2) is 0 Å². The fourth-order valence-corrected chi connectivity index (χ4v) is 4.35. The highest BCUT2D eigenvalue weighted by molar-refractivity contribution is 5.27. The predicted octanol–water partition coefficient (Wildman–Crippen LogP) is 5.50. The number of rotatable bonds is 6. The third-order valence-corrected chi connectivity index (χ3v) is 6.25. The van der Waals surface area contributed by atoms with Crippen LogP contribution in [-0.2, 0) is 35.2 Å². The van der Waals surface area contributed by atoms with Gasteiger partial charge < -0.3 is 0 Å². The molecule has 0 spiro atoms. The summed E-state index contributed by atoms with van der Waals surface area (Å²) < 4.78 is 9.20. The smallest absolute Gasteiger partial charge is 0.271 e. The fourth-order valence-electron chi connectivity index (χ4n) is 4.35. The summed E-state index contributed by atoms with van der Waals surface area (Å²) in [6.07, 6.45) is 8.65. The second-order valence-corrected chi connectivity index (χ2v) is 13.7. The third kappa shape index (κ3) is 6.29. The lowest BCUT2D eigenvalue weighted by atomic mass is 10.1. The van der Waals surface area contributed by atoms with Crippen molar-refractivity contribution in [2.75, 3.05) is 10.6 Å². The predicted molar refractivity (Wildman–Crippen MR) is 148 cm³/mol. The molecule has 0 unspecified atom stereocenters. The van der Waals surface area contributed by atoms with Gasteiger partial charge in [-0.05, 0) is 95.2 Å². The molecule has 0 aromatic carbocycles. The SMILES string of the molecule is CC(C)(C)n1cc[n+](C(C)(C)C)c1NCc1cccc(CNc2n(C(C)(C)C)cc[n+]2C(C)(C)C)n1. The molecular formula is C29H49N7+2. The van der Waals surface area contributed by atoms with Crippen molar-refractivity contribution in [2.45, 2.75) is 118 Å². The molecule has 3 aromatic heterocycles. The minimum absolute atomic E-state index is 0.0254. The number of aromatic nitrogens is 5. The van der Waals surface area contributed by atoms with Crippen LogP contribution in [0.15, 0.2) is 43.0 Å². The van der Waals surface area contributed by atoms with E-state index in [1.807, 2.05) is 0 Å². The van der Waals surface area contributed by atoms with Crippen LogP contribution in [0.25, 0.3) is 0 Å². The number of hydrogen-bond donors (Lipinski definition) is 2. The van der Waals surface area contributed by atoms with E-state index >= 15 is 0 Å². The molecule has 198 valence electrons. The Bertz CT molecular complexity index is 1020. The summed E-state index contributed by atoms with van der Waals surface area (Å²) in [6.45, 7) is 28.1. The maximum absolute atomic E-state index is 4.98. The normalized spacial score (nSPS) is 13.2. The van der Waals surface area contributed by atoms with E-state index in [0.29, 0.717) is 13.1 Å². The minimum atomic E-state index is -0.0254. The van der Waals surface area contributed by atoms with Crippen molar-refractivity contribution >= 4 is 11.9 Å². The first-order valence-corrected chi connectivity index (χ1v) is 13.1. The minimum Gasteiger partial charge on any atom is -0.271 e. The molecule has 0 fully saturated rings. The number of hydrogen-bond acceptors (Lipinski definition) is 3. The van der Waals surface area contributed by atoms with Crippen LogP contribution in [0.1, 0.15) is 94.5 Å². The Balaban J connectivity index is 1.82. The Morgan fingerprint density at radius 2 is 1.00 bits per heavy atom. The summed E-state index contributed by atoms with van der Waals surface area (Å²) in [5, 5.41) is 7.36. The fraction of sp³-hybridized carbons (Fsp3) is 0.621. The molecule has 3 heterocycles. The van der Waals surface area contributed by atoms with Crippen LogP contribution >= 0.6 is 0 Å². The number of imidazole rings is 2. The van der Waals surface area contributed by atoms with E-state index in [1.165, 1.54) is 0 Å². The molecule has 0 aliphatic rings. The maximum Gasteiger partial charge on any atom is 0.358 e. The number of nitrogens with one attached hydrogen (secondary N) is 2. The quantitative estimate of drug-likeness (QED) is 0.444. The largest absolute Gasteiger partial charge is 0.358 e. The van der Waals surface area contributed by atoms with Crippen LogP contribution in [0.2, 0.25) is 0 Å². The van der Waals surface area contributed by atoms with E-state index in [1.54, 1.807) is 0 Å². The molecule has 0 atom stereocenters. The Hall–Kier alpha value is -2.83. The van der Waals surface area contributed by atoms with Gasteiger partial charge in [0.2, 0.25) is 0 Å². The molecule has 3 aromatic rings. The standard InChI is InChI=1S/C29H47N7/c1-26(2,3)33-16-17-34(27(4,5)6)24(33)30-20-22-14-13-15-23(32-22)21-31-25-35(28(7,8)9)18-19-36(25)29(10,11)12/h13-19H,20-21H2,1-12H3/p+2. The van der Waals surface area contributed by atoms with Crippen molar-refractivity contribution in [1.29, 1.82) is 0 Å². The first-order valence-electron chi connectivity index (χ1n) is 13.1. The molecule has 0 saturated heterocycles. The second kappa shape index (κ2) is 9.56. The third-order valence-electron chi connectivity index (χ3n) is 6.25. The summed E-state index contributed by atoms with van der Waals surface area (Å²) in [4.78, 5) is 4.98. The van der Waals surface area contributed by atoms with Gasteiger partial charge in [-0.1, -0.05) is 6.07 Å². The van der Waals surface area contributed by atoms with E-state index < -0.39 is 0 Å². The average Bonchev–Trinajstić information content (AvgIpc) is 3.34. The van der Waals surface area contributed by atoms with Crippen molar-refractivity contribution in [3.63, 3.8) is 0 Å². The monoisotopic (exact) mass is 495 g/mol. The van der Waals surface area contributed by atoms with E-state index in [9.17, 15) is 0 Å².